The van der Waals surface area contributed by atoms with Crippen molar-refractivity contribution in [2.24, 2.45) is 16.5 Å². The molecule has 9 heteroatoms. The fourth-order valence-corrected chi connectivity index (χ4v) is 3.36. The SMILES string of the molecule is NC(N)=NCCCCNS(=O)(=O)c1cc2ccccc2c(Cl)n1. The van der Waals surface area contributed by atoms with Gasteiger partial charge in [0.05, 0.1) is 0 Å². The number of nitrogens with two attached hydrogens (primary N) is 2. The minimum atomic E-state index is -3.71. The monoisotopic (exact) mass is 355 g/mol. The maximum absolute atomic E-state index is 12.3. The average molecular weight is 356 g/mol. The van der Waals surface area contributed by atoms with E-state index in [4.69, 9.17) is 23.1 Å². The fraction of sp³-hybridized carbons (Fsp3) is 0.286. The Morgan fingerprint density at radius 3 is 2.74 bits per heavy atom. The first-order valence-corrected chi connectivity index (χ1v) is 8.86. The minimum absolute atomic E-state index is 0.0283. The molecule has 0 spiro atoms. The second-order valence-electron chi connectivity index (χ2n) is 4.88. The molecule has 0 atom stereocenters. The van der Waals surface area contributed by atoms with E-state index in [9.17, 15) is 8.42 Å². The largest absolute Gasteiger partial charge is 0.370 e. The van der Waals surface area contributed by atoms with Crippen LogP contribution in [0, 0.1) is 0 Å². The topological polar surface area (TPSA) is 123 Å². The molecule has 1 aromatic heterocycles. The fourth-order valence-electron chi connectivity index (χ4n) is 2.00. The number of hydrogen-bond donors (Lipinski definition) is 3. The van der Waals surface area contributed by atoms with Gasteiger partial charge in [-0.2, -0.15) is 0 Å². The zero-order valence-electron chi connectivity index (χ0n) is 12.4. The summed E-state index contributed by atoms with van der Waals surface area (Å²) in [7, 11) is -3.71. The van der Waals surface area contributed by atoms with Crippen LogP contribution in [0.5, 0.6) is 0 Å². The third-order valence-corrected chi connectivity index (χ3v) is 4.75. The number of sulfonamides is 1. The van der Waals surface area contributed by atoms with Crippen molar-refractivity contribution in [3.05, 3.63) is 35.5 Å². The van der Waals surface area contributed by atoms with Crippen LogP contribution in [0.4, 0.5) is 0 Å². The number of rotatable bonds is 7. The van der Waals surface area contributed by atoms with Gasteiger partial charge in [0, 0.05) is 18.5 Å². The third kappa shape index (κ3) is 4.78. The molecule has 0 aliphatic carbocycles. The second kappa shape index (κ2) is 7.58. The first kappa shape index (κ1) is 17.5. The van der Waals surface area contributed by atoms with Gasteiger partial charge in [-0.05, 0) is 24.3 Å². The van der Waals surface area contributed by atoms with Gasteiger partial charge >= 0.3 is 0 Å². The molecule has 0 saturated heterocycles. The maximum atomic E-state index is 12.3. The number of benzene rings is 1. The van der Waals surface area contributed by atoms with Crippen LogP contribution in [0.3, 0.4) is 0 Å². The van der Waals surface area contributed by atoms with E-state index in [-0.39, 0.29) is 22.7 Å². The number of unbranched alkanes of at least 4 members (excludes halogenated alkanes) is 1. The summed E-state index contributed by atoms with van der Waals surface area (Å²) < 4.78 is 27.0. The molecule has 0 unspecified atom stereocenters. The van der Waals surface area contributed by atoms with Crippen molar-refractivity contribution >= 4 is 38.4 Å². The lowest BCUT2D eigenvalue weighted by molar-refractivity contribution is 0.573. The molecule has 0 radical (unpaired) electrons. The highest BCUT2D eigenvalue weighted by molar-refractivity contribution is 7.89. The highest BCUT2D eigenvalue weighted by Crippen LogP contribution is 2.24. The van der Waals surface area contributed by atoms with Crippen molar-refractivity contribution in [1.29, 1.82) is 0 Å². The summed E-state index contributed by atoms with van der Waals surface area (Å²) in [6.07, 6.45) is 1.28. The van der Waals surface area contributed by atoms with Gasteiger partial charge in [0.25, 0.3) is 10.0 Å². The van der Waals surface area contributed by atoms with Crippen LogP contribution in [0.1, 0.15) is 12.8 Å². The number of aliphatic imine (C=N–C) groups is 1. The van der Waals surface area contributed by atoms with E-state index < -0.39 is 10.0 Å². The summed E-state index contributed by atoms with van der Waals surface area (Å²) in [5.74, 6) is 0.0283. The van der Waals surface area contributed by atoms with Crippen molar-refractivity contribution < 1.29 is 8.42 Å². The van der Waals surface area contributed by atoms with Crippen molar-refractivity contribution in [1.82, 2.24) is 9.71 Å². The molecule has 5 N–H and O–H groups in total. The van der Waals surface area contributed by atoms with Crippen LogP contribution in [0.15, 0.2) is 40.4 Å². The van der Waals surface area contributed by atoms with Gasteiger partial charge in [0.1, 0.15) is 5.15 Å². The smallest absolute Gasteiger partial charge is 0.258 e. The van der Waals surface area contributed by atoms with Crippen LogP contribution in [0.2, 0.25) is 5.15 Å². The van der Waals surface area contributed by atoms with Gasteiger partial charge in [-0.1, -0.05) is 35.9 Å². The van der Waals surface area contributed by atoms with E-state index in [1.165, 1.54) is 6.07 Å². The summed E-state index contributed by atoms with van der Waals surface area (Å²) >= 11 is 6.06. The summed E-state index contributed by atoms with van der Waals surface area (Å²) in [6, 6.07) is 8.71. The lowest BCUT2D eigenvalue weighted by Gasteiger charge is -2.08. The Kier molecular flexibility index (Phi) is 5.75. The second-order valence-corrected chi connectivity index (χ2v) is 6.96. The summed E-state index contributed by atoms with van der Waals surface area (Å²) in [4.78, 5) is 7.80. The normalized spacial score (nSPS) is 11.5. The van der Waals surface area contributed by atoms with E-state index in [0.29, 0.717) is 24.8 Å². The van der Waals surface area contributed by atoms with E-state index >= 15 is 0 Å². The van der Waals surface area contributed by atoms with Crippen molar-refractivity contribution in [3.8, 4) is 0 Å². The quantitative estimate of drug-likeness (QED) is 0.298. The number of hydrogen-bond acceptors (Lipinski definition) is 4. The number of aromatic nitrogens is 1. The van der Waals surface area contributed by atoms with Gasteiger partial charge < -0.3 is 11.5 Å². The molecule has 124 valence electrons. The minimum Gasteiger partial charge on any atom is -0.370 e. The van der Waals surface area contributed by atoms with Gasteiger partial charge in [-0.15, -0.1) is 0 Å². The Morgan fingerprint density at radius 2 is 2.00 bits per heavy atom. The van der Waals surface area contributed by atoms with Crippen molar-refractivity contribution in [2.75, 3.05) is 13.1 Å². The summed E-state index contributed by atoms with van der Waals surface area (Å²) in [6.45, 7) is 0.735. The predicted molar refractivity (Wildman–Crippen MR) is 91.9 cm³/mol. The van der Waals surface area contributed by atoms with E-state index in [1.54, 1.807) is 12.1 Å². The standard InChI is InChI=1S/C14H18ClN5O2S/c15-13-11-6-2-1-5-10(11)9-12(20-13)23(21,22)19-8-4-3-7-18-14(16)17/h1-2,5-6,9,19H,3-4,7-8H2,(H4,16,17,18). The zero-order valence-corrected chi connectivity index (χ0v) is 13.9. The highest BCUT2D eigenvalue weighted by atomic mass is 35.5. The third-order valence-electron chi connectivity index (χ3n) is 3.12. The van der Waals surface area contributed by atoms with Crippen LogP contribution >= 0.6 is 11.6 Å². The molecule has 7 nitrogen and oxygen atoms in total. The molecule has 0 saturated carbocycles. The van der Waals surface area contributed by atoms with Crippen LogP contribution < -0.4 is 16.2 Å². The van der Waals surface area contributed by atoms with Crippen molar-refractivity contribution in [2.45, 2.75) is 17.9 Å². The van der Waals surface area contributed by atoms with Crippen molar-refractivity contribution in [3.63, 3.8) is 0 Å². The molecule has 0 fully saturated rings. The molecular formula is C14H18ClN5O2S. The molecular weight excluding hydrogens is 338 g/mol. The Morgan fingerprint density at radius 1 is 1.26 bits per heavy atom. The van der Waals surface area contributed by atoms with Gasteiger partial charge in [0.2, 0.25) is 0 Å². The number of fused-ring (bicyclic) bond motifs is 1. The van der Waals surface area contributed by atoms with Crippen LogP contribution in [-0.2, 0) is 10.0 Å². The number of nitrogens with one attached hydrogen (secondary N) is 1. The van der Waals surface area contributed by atoms with E-state index in [0.717, 1.165) is 5.39 Å². The highest BCUT2D eigenvalue weighted by Gasteiger charge is 2.17. The summed E-state index contributed by atoms with van der Waals surface area (Å²) in [5, 5.41) is 1.51. The molecule has 0 aliphatic rings. The Hall–Kier alpha value is -1.90. The average Bonchev–Trinajstić information content (AvgIpc) is 2.50. The van der Waals surface area contributed by atoms with Gasteiger partial charge in [-0.25, -0.2) is 18.1 Å². The Labute approximate surface area is 139 Å². The van der Waals surface area contributed by atoms with Crippen LogP contribution in [0.25, 0.3) is 10.8 Å². The Bertz CT molecular complexity index is 819. The van der Waals surface area contributed by atoms with Crippen LogP contribution in [-0.4, -0.2) is 32.5 Å². The van der Waals surface area contributed by atoms with E-state index in [1.807, 2.05) is 12.1 Å². The number of pyridine rings is 1. The number of halogens is 1. The lowest BCUT2D eigenvalue weighted by atomic mass is 10.2. The molecule has 0 amide bonds. The lowest BCUT2D eigenvalue weighted by Crippen LogP contribution is -2.26. The molecule has 0 aliphatic heterocycles. The molecule has 2 aromatic rings. The molecule has 0 bridgehead atoms. The van der Waals surface area contributed by atoms with Gasteiger partial charge in [0.15, 0.2) is 11.0 Å². The number of nitrogens with zero attached hydrogens (tertiary/aromatic N) is 2. The molecule has 2 rings (SSSR count). The van der Waals surface area contributed by atoms with E-state index in [2.05, 4.69) is 14.7 Å². The predicted octanol–water partition coefficient (Wildman–Crippen LogP) is 1.22. The molecule has 1 heterocycles. The number of guanidine groups is 1. The van der Waals surface area contributed by atoms with Gasteiger partial charge in [-0.3, -0.25) is 4.99 Å². The molecule has 1 aromatic carbocycles. The molecule has 23 heavy (non-hydrogen) atoms. The Balaban J connectivity index is 2.04. The first-order chi connectivity index (χ1) is 10.9. The zero-order chi connectivity index (χ0) is 16.9. The first-order valence-electron chi connectivity index (χ1n) is 7.00. The summed E-state index contributed by atoms with van der Waals surface area (Å²) in [5.41, 5.74) is 10.4. The maximum Gasteiger partial charge on any atom is 0.258 e.